The third-order valence-electron chi connectivity index (χ3n) is 3.12. The molecule has 4 nitrogen and oxygen atoms in total. The Morgan fingerprint density at radius 2 is 2.00 bits per heavy atom. The molecule has 5 heteroatoms. The molecule has 2 rings (SSSR count). The summed E-state index contributed by atoms with van der Waals surface area (Å²) in [5, 5.41) is 10.1. The maximum absolute atomic E-state index is 11.5. The van der Waals surface area contributed by atoms with Crippen LogP contribution >= 0.6 is 11.6 Å². The van der Waals surface area contributed by atoms with Crippen LogP contribution in [0, 0.1) is 0 Å². The van der Waals surface area contributed by atoms with Gasteiger partial charge in [0.15, 0.2) is 0 Å². The average molecular weight is 291 g/mol. The molecule has 0 aliphatic rings. The van der Waals surface area contributed by atoms with Crippen molar-refractivity contribution in [1.29, 1.82) is 0 Å². The highest BCUT2D eigenvalue weighted by Crippen LogP contribution is 2.21. The van der Waals surface area contributed by atoms with Gasteiger partial charge in [0.25, 0.3) is 0 Å². The Balaban J connectivity index is 2.26. The quantitative estimate of drug-likeness (QED) is 0.919. The summed E-state index contributed by atoms with van der Waals surface area (Å²) in [4.78, 5) is 19.7. The lowest BCUT2D eigenvalue weighted by atomic mass is 9.95. The number of halogens is 1. The van der Waals surface area contributed by atoms with Crippen molar-refractivity contribution in [2.45, 2.75) is 25.7 Å². The van der Waals surface area contributed by atoms with Crippen molar-refractivity contribution in [2.24, 2.45) is 0 Å². The van der Waals surface area contributed by atoms with E-state index in [0.717, 1.165) is 17.7 Å². The van der Waals surface area contributed by atoms with Crippen LogP contribution in [0.3, 0.4) is 0 Å². The van der Waals surface area contributed by atoms with E-state index in [1.54, 1.807) is 18.2 Å². The third kappa shape index (κ3) is 3.54. The summed E-state index contributed by atoms with van der Waals surface area (Å²) < 4.78 is 0. The lowest BCUT2D eigenvalue weighted by Crippen LogP contribution is -2.16. The maximum Gasteiger partial charge on any atom is 0.312 e. The highest BCUT2D eigenvalue weighted by atomic mass is 35.5. The van der Waals surface area contributed by atoms with Gasteiger partial charge >= 0.3 is 5.97 Å². The molecule has 0 bridgehead atoms. The number of aryl methyl sites for hydroxylation is 1. The van der Waals surface area contributed by atoms with Gasteiger partial charge in [-0.1, -0.05) is 30.7 Å². The number of carboxylic acids is 1. The topological polar surface area (TPSA) is 63.1 Å². The van der Waals surface area contributed by atoms with Crippen LogP contribution in [-0.2, 0) is 17.6 Å². The molecule has 20 heavy (non-hydrogen) atoms. The highest BCUT2D eigenvalue weighted by molar-refractivity contribution is 6.30. The Morgan fingerprint density at radius 1 is 1.30 bits per heavy atom. The summed E-state index contributed by atoms with van der Waals surface area (Å²) in [7, 11) is 0. The summed E-state index contributed by atoms with van der Waals surface area (Å²) in [6.45, 7) is 1.97. The van der Waals surface area contributed by atoms with Crippen LogP contribution in [0.15, 0.2) is 36.7 Å². The SMILES string of the molecule is CCc1cc(C(Cc2ccc(Cl)cc2)C(=O)O)ncn1. The molecule has 1 atom stereocenters. The molecule has 1 aromatic heterocycles. The number of hydrogen-bond acceptors (Lipinski definition) is 3. The second-order valence-corrected chi connectivity index (χ2v) is 4.95. The number of nitrogens with zero attached hydrogens (tertiary/aromatic N) is 2. The van der Waals surface area contributed by atoms with Crippen LogP contribution < -0.4 is 0 Å². The number of rotatable bonds is 5. The van der Waals surface area contributed by atoms with Gasteiger partial charge < -0.3 is 5.11 Å². The summed E-state index contributed by atoms with van der Waals surface area (Å²) in [5.74, 6) is -1.56. The molecular weight excluding hydrogens is 276 g/mol. The first-order valence-electron chi connectivity index (χ1n) is 6.38. The molecule has 1 unspecified atom stereocenters. The molecule has 1 aromatic carbocycles. The Morgan fingerprint density at radius 3 is 2.60 bits per heavy atom. The third-order valence-corrected chi connectivity index (χ3v) is 3.37. The van der Waals surface area contributed by atoms with E-state index in [1.807, 2.05) is 19.1 Å². The standard InChI is InChI=1S/C15H15ClN2O2/c1-2-12-8-14(18-9-17-12)13(15(19)20)7-10-3-5-11(16)6-4-10/h3-6,8-9,13H,2,7H2,1H3,(H,19,20). The maximum atomic E-state index is 11.5. The predicted molar refractivity (Wildman–Crippen MR) is 76.9 cm³/mol. The number of aromatic nitrogens is 2. The van der Waals surface area contributed by atoms with E-state index >= 15 is 0 Å². The zero-order valence-electron chi connectivity index (χ0n) is 11.1. The molecule has 0 amide bonds. The molecule has 0 saturated carbocycles. The Bertz CT molecular complexity index is 599. The minimum absolute atomic E-state index is 0.382. The van der Waals surface area contributed by atoms with Gasteiger partial charge in [-0.25, -0.2) is 9.97 Å². The van der Waals surface area contributed by atoms with Crippen molar-refractivity contribution in [1.82, 2.24) is 9.97 Å². The molecule has 2 aromatic rings. The minimum atomic E-state index is -0.888. The van der Waals surface area contributed by atoms with Gasteiger partial charge in [-0.3, -0.25) is 4.79 Å². The first kappa shape index (κ1) is 14.5. The molecule has 0 saturated heterocycles. The van der Waals surface area contributed by atoms with E-state index in [-0.39, 0.29) is 0 Å². The molecule has 1 heterocycles. The molecule has 0 spiro atoms. The van der Waals surface area contributed by atoms with E-state index in [1.165, 1.54) is 6.33 Å². The van der Waals surface area contributed by atoms with Crippen molar-refractivity contribution in [2.75, 3.05) is 0 Å². The smallest absolute Gasteiger partial charge is 0.312 e. The van der Waals surface area contributed by atoms with Gasteiger partial charge in [0, 0.05) is 10.7 Å². The van der Waals surface area contributed by atoms with Gasteiger partial charge in [-0.15, -0.1) is 0 Å². The number of aliphatic carboxylic acids is 1. The molecule has 0 aliphatic heterocycles. The van der Waals surface area contributed by atoms with Crippen LogP contribution in [0.4, 0.5) is 0 Å². The minimum Gasteiger partial charge on any atom is -0.481 e. The Labute approximate surface area is 122 Å². The van der Waals surface area contributed by atoms with Gasteiger partial charge in [-0.05, 0) is 36.6 Å². The lowest BCUT2D eigenvalue weighted by Gasteiger charge is -2.12. The van der Waals surface area contributed by atoms with Crippen molar-refractivity contribution in [3.63, 3.8) is 0 Å². The Hall–Kier alpha value is -1.94. The largest absolute Gasteiger partial charge is 0.481 e. The summed E-state index contributed by atoms with van der Waals surface area (Å²) in [6, 6.07) is 8.94. The average Bonchev–Trinajstić information content (AvgIpc) is 2.46. The van der Waals surface area contributed by atoms with Gasteiger partial charge in [0.05, 0.1) is 5.69 Å². The van der Waals surface area contributed by atoms with Crippen molar-refractivity contribution in [3.05, 3.63) is 58.6 Å². The fourth-order valence-electron chi connectivity index (χ4n) is 1.97. The van der Waals surface area contributed by atoms with E-state index in [0.29, 0.717) is 17.1 Å². The molecule has 0 aliphatic carbocycles. The summed E-state index contributed by atoms with van der Waals surface area (Å²) in [6.07, 6.45) is 2.56. The number of benzene rings is 1. The lowest BCUT2D eigenvalue weighted by molar-refractivity contribution is -0.138. The van der Waals surface area contributed by atoms with Crippen LogP contribution in [0.25, 0.3) is 0 Å². The first-order chi connectivity index (χ1) is 9.60. The van der Waals surface area contributed by atoms with Gasteiger partial charge in [-0.2, -0.15) is 0 Å². The van der Waals surface area contributed by atoms with Crippen molar-refractivity contribution in [3.8, 4) is 0 Å². The van der Waals surface area contributed by atoms with Crippen molar-refractivity contribution >= 4 is 17.6 Å². The molecule has 104 valence electrons. The zero-order chi connectivity index (χ0) is 14.5. The number of hydrogen-bond donors (Lipinski definition) is 1. The van der Waals surface area contributed by atoms with E-state index in [9.17, 15) is 9.90 Å². The zero-order valence-corrected chi connectivity index (χ0v) is 11.8. The molecule has 0 fully saturated rings. The first-order valence-corrected chi connectivity index (χ1v) is 6.76. The summed E-state index contributed by atoms with van der Waals surface area (Å²) in [5.41, 5.74) is 2.30. The molecule has 1 N–H and O–H groups in total. The van der Waals surface area contributed by atoms with E-state index in [4.69, 9.17) is 11.6 Å². The van der Waals surface area contributed by atoms with Gasteiger partial charge in [0.1, 0.15) is 12.2 Å². The highest BCUT2D eigenvalue weighted by Gasteiger charge is 2.22. The fraction of sp³-hybridized carbons (Fsp3) is 0.267. The molecule has 0 radical (unpaired) electrons. The second-order valence-electron chi connectivity index (χ2n) is 4.51. The predicted octanol–water partition coefficient (Wildman–Crippen LogP) is 3.10. The van der Waals surface area contributed by atoms with E-state index in [2.05, 4.69) is 9.97 Å². The number of carbonyl (C=O) groups is 1. The van der Waals surface area contributed by atoms with Crippen LogP contribution in [-0.4, -0.2) is 21.0 Å². The number of carboxylic acid groups (broad SMARTS) is 1. The normalized spacial score (nSPS) is 12.1. The van der Waals surface area contributed by atoms with Crippen LogP contribution in [0.1, 0.15) is 29.8 Å². The Kier molecular flexibility index (Phi) is 4.69. The monoisotopic (exact) mass is 290 g/mol. The molecular formula is C15H15ClN2O2. The van der Waals surface area contributed by atoms with E-state index < -0.39 is 11.9 Å². The van der Waals surface area contributed by atoms with Crippen molar-refractivity contribution < 1.29 is 9.90 Å². The fourth-order valence-corrected chi connectivity index (χ4v) is 2.10. The summed E-state index contributed by atoms with van der Waals surface area (Å²) >= 11 is 5.83. The van der Waals surface area contributed by atoms with Gasteiger partial charge in [0.2, 0.25) is 0 Å². The van der Waals surface area contributed by atoms with Crippen LogP contribution in [0.2, 0.25) is 5.02 Å². The van der Waals surface area contributed by atoms with Crippen LogP contribution in [0.5, 0.6) is 0 Å². The second kappa shape index (κ2) is 6.48.